The molecule has 292 valence electrons. The zero-order valence-corrected chi connectivity index (χ0v) is 31.3. The van der Waals surface area contributed by atoms with Crippen LogP contribution < -0.4 is 9.80 Å². The van der Waals surface area contributed by atoms with Crippen molar-refractivity contribution >= 4 is 29.0 Å². The van der Waals surface area contributed by atoms with Crippen LogP contribution in [0, 0.1) is 21.7 Å². The van der Waals surface area contributed by atoms with Gasteiger partial charge in [0, 0.05) is 93.8 Å². The standard InChI is InChI=1S/C41H48F2N6O6/c1-29-37(39(50)51)41(31-6-3-7-36(28-31)49(54)55,16-4-17-44-20-24-46(25-21-44)34-12-8-32(42)9-13-34)38(40(52)53)30(2)48(29)19-5-18-45-22-26-47(27-23-45)35-14-10-33(43)11-15-35/h3,6-15,28H,4-5,16-27H2,1-2H3,(H,50,51)(H,52,53). The minimum Gasteiger partial charge on any atom is -0.478 e. The van der Waals surface area contributed by atoms with E-state index in [1.807, 2.05) is 0 Å². The van der Waals surface area contributed by atoms with Crippen molar-refractivity contribution in [2.45, 2.75) is 38.5 Å². The van der Waals surface area contributed by atoms with Gasteiger partial charge in [0.15, 0.2) is 0 Å². The third-order valence-electron chi connectivity index (χ3n) is 11.4. The van der Waals surface area contributed by atoms with E-state index < -0.39 is 22.3 Å². The van der Waals surface area contributed by atoms with Gasteiger partial charge in [0.1, 0.15) is 11.6 Å². The first-order valence-electron chi connectivity index (χ1n) is 18.8. The minimum atomic E-state index is -1.67. The van der Waals surface area contributed by atoms with E-state index in [-0.39, 0.29) is 40.5 Å². The lowest BCUT2D eigenvalue weighted by atomic mass is 9.63. The zero-order valence-electron chi connectivity index (χ0n) is 31.3. The van der Waals surface area contributed by atoms with E-state index in [1.165, 1.54) is 42.5 Å². The van der Waals surface area contributed by atoms with Crippen LogP contribution in [0.4, 0.5) is 25.8 Å². The smallest absolute Gasteiger partial charge is 0.334 e. The topological polar surface area (TPSA) is 134 Å². The van der Waals surface area contributed by atoms with Crippen LogP contribution in [-0.4, -0.2) is 114 Å². The highest BCUT2D eigenvalue weighted by molar-refractivity contribution is 6.00. The molecule has 0 aromatic heterocycles. The van der Waals surface area contributed by atoms with Gasteiger partial charge < -0.3 is 24.9 Å². The van der Waals surface area contributed by atoms with Gasteiger partial charge in [0.05, 0.1) is 21.5 Å². The maximum Gasteiger partial charge on any atom is 0.334 e. The molecule has 0 spiro atoms. The van der Waals surface area contributed by atoms with Gasteiger partial charge >= 0.3 is 11.9 Å². The van der Waals surface area contributed by atoms with Crippen LogP contribution in [0.1, 0.15) is 38.7 Å². The molecule has 2 saturated heterocycles. The van der Waals surface area contributed by atoms with E-state index in [0.29, 0.717) is 70.0 Å². The van der Waals surface area contributed by atoms with Crippen LogP contribution in [0.25, 0.3) is 0 Å². The number of nitro groups is 1. The van der Waals surface area contributed by atoms with E-state index in [9.17, 15) is 38.7 Å². The van der Waals surface area contributed by atoms with E-state index in [4.69, 9.17) is 0 Å². The third kappa shape index (κ3) is 8.50. The molecule has 0 saturated carbocycles. The second-order valence-corrected chi connectivity index (χ2v) is 14.5. The van der Waals surface area contributed by atoms with Gasteiger partial charge in [-0.2, -0.15) is 0 Å². The summed E-state index contributed by atoms with van der Waals surface area (Å²) in [5.41, 5.74) is 0.882. The Hall–Kier alpha value is -5.34. The van der Waals surface area contributed by atoms with Gasteiger partial charge in [-0.3, -0.25) is 19.9 Å². The summed E-state index contributed by atoms with van der Waals surface area (Å²) >= 11 is 0. The van der Waals surface area contributed by atoms with Crippen molar-refractivity contribution in [3.8, 4) is 0 Å². The van der Waals surface area contributed by atoms with Gasteiger partial charge in [0.25, 0.3) is 5.69 Å². The number of carboxylic acid groups (broad SMARTS) is 2. The van der Waals surface area contributed by atoms with Crippen molar-refractivity contribution in [3.05, 3.63) is 123 Å². The first-order valence-corrected chi connectivity index (χ1v) is 18.8. The number of carbonyl (C=O) groups is 2. The molecular formula is C41H48F2N6O6. The predicted molar refractivity (Wildman–Crippen MR) is 206 cm³/mol. The Labute approximate surface area is 319 Å². The molecule has 0 radical (unpaired) electrons. The normalized spacial score (nSPS) is 18.2. The first-order chi connectivity index (χ1) is 26.4. The van der Waals surface area contributed by atoms with Crippen LogP contribution in [-0.2, 0) is 15.0 Å². The Morgan fingerprint density at radius 2 is 1.15 bits per heavy atom. The highest BCUT2D eigenvalue weighted by Crippen LogP contribution is 2.51. The van der Waals surface area contributed by atoms with E-state index in [2.05, 4.69) is 19.6 Å². The second-order valence-electron chi connectivity index (χ2n) is 14.5. The van der Waals surface area contributed by atoms with Crippen molar-refractivity contribution in [3.63, 3.8) is 0 Å². The summed E-state index contributed by atoms with van der Waals surface area (Å²) in [6, 6.07) is 18.6. The van der Waals surface area contributed by atoms with Crippen molar-refractivity contribution < 1.29 is 33.5 Å². The van der Waals surface area contributed by atoms with Crippen molar-refractivity contribution in [1.29, 1.82) is 0 Å². The molecule has 2 N–H and O–H groups in total. The van der Waals surface area contributed by atoms with Crippen molar-refractivity contribution in [1.82, 2.24) is 14.7 Å². The van der Waals surface area contributed by atoms with Gasteiger partial charge in [-0.05, 0) is 100 Å². The van der Waals surface area contributed by atoms with Crippen LogP contribution in [0.15, 0.2) is 95.3 Å². The number of nitro benzene ring substituents is 1. The van der Waals surface area contributed by atoms with E-state index >= 15 is 0 Å². The summed E-state index contributed by atoms with van der Waals surface area (Å²) in [5.74, 6) is -3.12. The number of benzene rings is 3. The fourth-order valence-electron chi connectivity index (χ4n) is 8.63. The quantitative estimate of drug-likeness (QED) is 0.149. The average molecular weight is 759 g/mol. The largest absolute Gasteiger partial charge is 0.478 e. The van der Waals surface area contributed by atoms with Gasteiger partial charge in [0.2, 0.25) is 0 Å². The molecule has 0 bridgehead atoms. The Morgan fingerprint density at radius 1 is 0.691 bits per heavy atom. The molecule has 3 aliphatic rings. The maximum absolute atomic E-state index is 13.5. The van der Waals surface area contributed by atoms with E-state index in [1.54, 1.807) is 49.1 Å². The summed E-state index contributed by atoms with van der Waals surface area (Å²) < 4.78 is 26.9. The second kappa shape index (κ2) is 17.0. The third-order valence-corrected chi connectivity index (χ3v) is 11.4. The Kier molecular flexibility index (Phi) is 12.2. The molecule has 3 aromatic carbocycles. The van der Waals surface area contributed by atoms with Crippen LogP contribution in [0.2, 0.25) is 0 Å². The number of aliphatic carboxylic acids is 2. The predicted octanol–water partition coefficient (Wildman–Crippen LogP) is 5.96. The van der Waals surface area contributed by atoms with Gasteiger partial charge in [-0.1, -0.05) is 12.1 Å². The molecule has 3 heterocycles. The molecule has 3 aliphatic heterocycles. The lowest BCUT2D eigenvalue weighted by molar-refractivity contribution is -0.385. The monoisotopic (exact) mass is 758 g/mol. The molecule has 55 heavy (non-hydrogen) atoms. The van der Waals surface area contributed by atoms with Gasteiger partial charge in [-0.15, -0.1) is 0 Å². The molecule has 12 nitrogen and oxygen atoms in total. The highest BCUT2D eigenvalue weighted by Gasteiger charge is 2.52. The number of carboxylic acids is 2. The zero-order chi connectivity index (χ0) is 39.3. The van der Waals surface area contributed by atoms with Gasteiger partial charge in [-0.25, -0.2) is 18.4 Å². The number of hydrogen-bond donors (Lipinski definition) is 2. The lowest BCUT2D eigenvalue weighted by Gasteiger charge is -2.45. The molecular weight excluding hydrogens is 710 g/mol. The number of piperazine rings is 2. The summed E-state index contributed by atoms with van der Waals surface area (Å²) in [6.45, 7) is 11.0. The summed E-state index contributed by atoms with van der Waals surface area (Å²) in [4.78, 5) is 49.0. The van der Waals surface area contributed by atoms with Crippen LogP contribution >= 0.6 is 0 Å². The minimum absolute atomic E-state index is 0.0926. The Morgan fingerprint density at radius 3 is 1.58 bits per heavy atom. The number of anilines is 2. The number of allylic oxidation sites excluding steroid dienone is 2. The number of rotatable bonds is 14. The molecule has 14 heteroatoms. The summed E-state index contributed by atoms with van der Waals surface area (Å²) in [7, 11) is 0. The molecule has 0 aliphatic carbocycles. The summed E-state index contributed by atoms with van der Waals surface area (Å²) in [6.07, 6.45) is 1.17. The Bertz CT molecular complexity index is 1900. The lowest BCUT2D eigenvalue weighted by Crippen LogP contribution is -2.48. The SMILES string of the molecule is CC1=C(C(=O)O)C(CCCN2CCN(c3ccc(F)cc3)CC2)(c2cccc([N+](=O)[O-])c2)C(C(=O)O)=C(C)N1CCCN1CCN(c2ccc(F)cc2)CC1. The van der Waals surface area contributed by atoms with Crippen LogP contribution in [0.5, 0.6) is 0 Å². The number of nitrogens with zero attached hydrogens (tertiary/aromatic N) is 6. The highest BCUT2D eigenvalue weighted by atomic mass is 19.1. The molecule has 0 amide bonds. The number of halogens is 2. The summed E-state index contributed by atoms with van der Waals surface area (Å²) in [5, 5.41) is 33.9. The van der Waals surface area contributed by atoms with Crippen molar-refractivity contribution in [2.75, 3.05) is 81.8 Å². The van der Waals surface area contributed by atoms with Crippen molar-refractivity contribution in [2.24, 2.45) is 0 Å². The average Bonchev–Trinajstić information content (AvgIpc) is 3.17. The Balaban J connectivity index is 1.22. The number of hydrogen-bond acceptors (Lipinski definition) is 9. The molecule has 2 fully saturated rings. The molecule has 0 atom stereocenters. The first kappa shape index (κ1) is 39.4. The van der Waals surface area contributed by atoms with E-state index in [0.717, 1.165) is 37.6 Å². The molecule has 6 rings (SSSR count). The molecule has 0 unspecified atom stereocenters. The fourth-order valence-corrected chi connectivity index (χ4v) is 8.63. The number of non-ortho nitro benzene ring substituents is 1. The fraction of sp³-hybridized carbons (Fsp3) is 0.415. The maximum atomic E-state index is 13.5. The van der Waals surface area contributed by atoms with Crippen LogP contribution in [0.3, 0.4) is 0 Å². The molecule has 3 aromatic rings.